The summed E-state index contributed by atoms with van der Waals surface area (Å²) in [4.78, 5) is 15.3. The summed E-state index contributed by atoms with van der Waals surface area (Å²) < 4.78 is 11.1. The Hall–Kier alpha value is -2.15. The maximum atomic E-state index is 12.9. The third-order valence-electron chi connectivity index (χ3n) is 6.25. The lowest BCUT2D eigenvalue weighted by atomic mass is 9.96. The van der Waals surface area contributed by atoms with Gasteiger partial charge in [0.25, 0.3) is 0 Å². The maximum absolute atomic E-state index is 12.9. The monoisotopic (exact) mass is 398 g/mol. The number of amides is 1. The van der Waals surface area contributed by atoms with Gasteiger partial charge in [0, 0.05) is 31.8 Å². The van der Waals surface area contributed by atoms with Crippen LogP contribution in [0.5, 0.6) is 5.75 Å². The van der Waals surface area contributed by atoms with Gasteiger partial charge in [0.05, 0.1) is 25.7 Å². The zero-order valence-electron chi connectivity index (χ0n) is 17.1. The molecule has 0 bridgehead atoms. The van der Waals surface area contributed by atoms with Gasteiger partial charge in [0.15, 0.2) is 0 Å². The first-order chi connectivity index (χ1) is 14.1. The Balaban J connectivity index is 1.38. The highest BCUT2D eigenvalue weighted by Gasteiger charge is 2.38. The second-order valence-electron chi connectivity index (χ2n) is 8.21. The normalized spacial score (nSPS) is 25.6. The number of aliphatic hydroxyl groups is 1. The molecule has 0 radical (unpaired) electrons. The second kappa shape index (κ2) is 8.69. The van der Waals surface area contributed by atoms with Gasteiger partial charge >= 0.3 is 0 Å². The van der Waals surface area contributed by atoms with E-state index in [9.17, 15) is 4.79 Å². The Morgan fingerprint density at radius 3 is 2.86 bits per heavy atom. The van der Waals surface area contributed by atoms with Crippen LogP contribution in [0.1, 0.15) is 31.2 Å². The fourth-order valence-electron chi connectivity index (χ4n) is 4.48. The molecule has 2 heterocycles. The number of nitrogens with zero attached hydrogens (tertiary/aromatic N) is 1. The van der Waals surface area contributed by atoms with Crippen molar-refractivity contribution in [3.05, 3.63) is 42.0 Å². The first-order valence-electron chi connectivity index (χ1n) is 10.4. The van der Waals surface area contributed by atoms with Crippen LogP contribution < -0.4 is 10.1 Å². The zero-order chi connectivity index (χ0) is 20.4. The average molecular weight is 399 g/mol. The molecule has 2 aliphatic heterocycles. The van der Waals surface area contributed by atoms with Gasteiger partial charge in [-0.1, -0.05) is 24.3 Å². The van der Waals surface area contributed by atoms with Crippen LogP contribution in [0.3, 0.4) is 0 Å². The van der Waals surface area contributed by atoms with Crippen molar-refractivity contribution in [3.8, 4) is 5.75 Å². The van der Waals surface area contributed by atoms with Crippen molar-refractivity contribution in [2.75, 3.05) is 33.4 Å². The lowest BCUT2D eigenvalue weighted by Gasteiger charge is -2.34. The van der Waals surface area contributed by atoms with E-state index in [2.05, 4.69) is 16.3 Å². The van der Waals surface area contributed by atoms with E-state index in [1.165, 1.54) is 0 Å². The largest absolute Gasteiger partial charge is 0.497 e. The number of ether oxygens (including phenoxy) is 2. The molecule has 156 valence electrons. The van der Waals surface area contributed by atoms with Crippen molar-refractivity contribution < 1.29 is 19.4 Å². The summed E-state index contributed by atoms with van der Waals surface area (Å²) in [5.74, 6) is 0.687. The van der Waals surface area contributed by atoms with Crippen LogP contribution in [-0.2, 0) is 9.53 Å². The minimum absolute atomic E-state index is 0.0653. The molecule has 2 N–H and O–H groups in total. The minimum atomic E-state index is -0.211. The molecule has 0 spiro atoms. The lowest BCUT2D eigenvalue weighted by Crippen LogP contribution is -2.46. The van der Waals surface area contributed by atoms with E-state index < -0.39 is 0 Å². The number of aliphatic hydroxyl groups excluding tert-OH is 1. The number of rotatable bonds is 6. The quantitative estimate of drug-likeness (QED) is 0.781. The number of morpholine rings is 1. The molecule has 29 heavy (non-hydrogen) atoms. The Bertz CT molecular complexity index is 871. The fourth-order valence-corrected chi connectivity index (χ4v) is 4.48. The number of nitrogens with one attached hydrogen (secondary N) is 1. The molecule has 1 amide bonds. The van der Waals surface area contributed by atoms with E-state index in [0.717, 1.165) is 41.6 Å². The van der Waals surface area contributed by atoms with Gasteiger partial charge in [-0.25, -0.2) is 0 Å². The number of methoxy groups -OCH3 is 1. The van der Waals surface area contributed by atoms with E-state index in [-0.39, 0.29) is 30.6 Å². The summed E-state index contributed by atoms with van der Waals surface area (Å²) in [5.41, 5.74) is 1.02. The van der Waals surface area contributed by atoms with Crippen molar-refractivity contribution in [1.82, 2.24) is 10.2 Å². The van der Waals surface area contributed by atoms with Gasteiger partial charge in [-0.2, -0.15) is 0 Å². The topological polar surface area (TPSA) is 71.0 Å². The number of hydrogen-bond acceptors (Lipinski definition) is 5. The zero-order valence-corrected chi connectivity index (χ0v) is 17.1. The summed E-state index contributed by atoms with van der Waals surface area (Å²) >= 11 is 0. The van der Waals surface area contributed by atoms with Crippen LogP contribution >= 0.6 is 0 Å². The van der Waals surface area contributed by atoms with Crippen LogP contribution in [0.2, 0.25) is 0 Å². The average Bonchev–Trinajstić information content (AvgIpc) is 3.14. The minimum Gasteiger partial charge on any atom is -0.497 e. The number of fused-ring (bicyclic) bond motifs is 2. The van der Waals surface area contributed by atoms with Crippen LogP contribution in [0.4, 0.5) is 0 Å². The molecule has 2 aromatic carbocycles. The molecular formula is C23H30N2O4. The molecule has 2 aromatic rings. The molecule has 4 rings (SSSR count). The third kappa shape index (κ3) is 4.39. The highest BCUT2D eigenvalue weighted by atomic mass is 16.5. The van der Waals surface area contributed by atoms with Crippen molar-refractivity contribution in [2.45, 2.75) is 43.9 Å². The lowest BCUT2D eigenvalue weighted by molar-refractivity contribution is -0.122. The maximum Gasteiger partial charge on any atom is 0.227 e. The van der Waals surface area contributed by atoms with Crippen LogP contribution in [0.25, 0.3) is 10.8 Å². The second-order valence-corrected chi connectivity index (χ2v) is 8.21. The van der Waals surface area contributed by atoms with Gasteiger partial charge in [-0.3, -0.25) is 9.69 Å². The number of benzene rings is 2. The van der Waals surface area contributed by atoms with Crippen molar-refractivity contribution in [3.63, 3.8) is 0 Å². The standard InChI is InChI=1S/C23H30N2O4/c1-15(16-3-4-18-10-21(28-2)6-5-17(18)9-16)23(27)24-19-11-20-14-29-22(7-8-26)13-25(20)12-19/h3-6,9-10,15,19-20,22,26H,7-8,11-14H2,1-2H3,(H,24,27)/t15-,19-,20-,22-/m0/s1. The molecule has 0 aliphatic carbocycles. The van der Waals surface area contributed by atoms with Crippen LogP contribution in [0, 0.1) is 0 Å². The van der Waals surface area contributed by atoms with Crippen LogP contribution in [-0.4, -0.2) is 67.5 Å². The summed E-state index contributed by atoms with van der Waals surface area (Å²) in [6, 6.07) is 12.6. The van der Waals surface area contributed by atoms with Crippen molar-refractivity contribution >= 4 is 16.7 Å². The van der Waals surface area contributed by atoms with Gasteiger partial charge in [-0.15, -0.1) is 0 Å². The summed E-state index contributed by atoms with van der Waals surface area (Å²) in [7, 11) is 1.66. The molecule has 6 nitrogen and oxygen atoms in total. The van der Waals surface area contributed by atoms with Gasteiger partial charge in [0.2, 0.25) is 5.91 Å². The van der Waals surface area contributed by atoms with E-state index >= 15 is 0 Å². The molecule has 4 atom stereocenters. The molecule has 0 saturated carbocycles. The summed E-state index contributed by atoms with van der Waals surface area (Å²) in [6.45, 7) is 4.48. The fraction of sp³-hybridized carbons (Fsp3) is 0.522. The SMILES string of the molecule is COc1ccc2cc([C@H](C)C(=O)N[C@H]3C[C@H]4CO[C@@H](CCO)CN4C3)ccc2c1. The molecule has 2 saturated heterocycles. The Labute approximate surface area is 171 Å². The summed E-state index contributed by atoms with van der Waals surface area (Å²) in [5, 5.41) is 14.6. The van der Waals surface area contributed by atoms with Crippen molar-refractivity contribution in [1.29, 1.82) is 0 Å². The van der Waals surface area contributed by atoms with Crippen LogP contribution in [0.15, 0.2) is 36.4 Å². The Kier molecular flexibility index (Phi) is 6.04. The van der Waals surface area contributed by atoms with E-state index in [1.807, 2.05) is 37.3 Å². The first-order valence-corrected chi connectivity index (χ1v) is 10.4. The van der Waals surface area contributed by atoms with E-state index in [0.29, 0.717) is 19.1 Å². The van der Waals surface area contributed by atoms with Gasteiger partial charge in [-0.05, 0) is 48.2 Å². The number of hydrogen-bond donors (Lipinski definition) is 2. The van der Waals surface area contributed by atoms with Gasteiger partial charge in [0.1, 0.15) is 5.75 Å². The summed E-state index contributed by atoms with van der Waals surface area (Å²) in [6.07, 6.45) is 1.69. The highest BCUT2D eigenvalue weighted by molar-refractivity contribution is 5.88. The van der Waals surface area contributed by atoms with E-state index in [1.54, 1.807) is 7.11 Å². The molecule has 2 aliphatic rings. The van der Waals surface area contributed by atoms with E-state index in [4.69, 9.17) is 14.6 Å². The van der Waals surface area contributed by atoms with Crippen molar-refractivity contribution in [2.24, 2.45) is 0 Å². The third-order valence-corrected chi connectivity index (χ3v) is 6.25. The highest BCUT2D eigenvalue weighted by Crippen LogP contribution is 2.27. The number of carbonyl (C=O) groups is 1. The first kappa shape index (κ1) is 20.1. The van der Waals surface area contributed by atoms with Gasteiger partial charge < -0.3 is 19.9 Å². The molecule has 6 heteroatoms. The Morgan fingerprint density at radius 1 is 1.28 bits per heavy atom. The Morgan fingerprint density at radius 2 is 2.07 bits per heavy atom. The molecule has 2 fully saturated rings. The number of carbonyl (C=O) groups excluding carboxylic acids is 1. The molecule has 0 aromatic heterocycles. The molecule has 0 unspecified atom stereocenters. The predicted octanol–water partition coefficient (Wildman–Crippen LogP) is 2.29. The molecular weight excluding hydrogens is 368 g/mol. The smallest absolute Gasteiger partial charge is 0.227 e. The predicted molar refractivity (Wildman–Crippen MR) is 112 cm³/mol.